The molecule has 0 spiro atoms. The molecule has 6 nitrogen and oxygen atoms in total. The topological polar surface area (TPSA) is 55.9 Å². The molecule has 0 aliphatic carbocycles. The van der Waals surface area contributed by atoms with Gasteiger partial charge in [-0.05, 0) is 44.1 Å². The van der Waals surface area contributed by atoms with Gasteiger partial charge in [0.1, 0.15) is 6.04 Å². The van der Waals surface area contributed by atoms with E-state index in [0.717, 1.165) is 32.2 Å². The SMILES string of the molecule is C=CNN(C)CC(=O)N1C(C)CN(CCCCc2ccccc2)C(=O)[C@@H]1CC(C)CC.CC. The zero-order valence-corrected chi connectivity index (χ0v) is 21.7. The van der Waals surface area contributed by atoms with Gasteiger partial charge in [-0.3, -0.25) is 9.59 Å². The molecule has 1 aliphatic rings. The minimum atomic E-state index is -0.377. The smallest absolute Gasteiger partial charge is 0.245 e. The van der Waals surface area contributed by atoms with Gasteiger partial charge in [0.25, 0.3) is 0 Å². The van der Waals surface area contributed by atoms with Crippen LogP contribution in [0, 0.1) is 5.92 Å². The molecule has 1 fully saturated rings. The van der Waals surface area contributed by atoms with Crippen molar-refractivity contribution in [2.45, 2.75) is 78.8 Å². The maximum absolute atomic E-state index is 13.4. The third-order valence-electron chi connectivity index (χ3n) is 6.17. The summed E-state index contributed by atoms with van der Waals surface area (Å²) in [7, 11) is 1.80. The van der Waals surface area contributed by atoms with Crippen LogP contribution in [0.2, 0.25) is 0 Å². The highest BCUT2D eigenvalue weighted by Gasteiger charge is 2.41. The lowest BCUT2D eigenvalue weighted by molar-refractivity contribution is -0.157. The number of likely N-dealkylation sites (N-methyl/N-ethyl adjacent to an activating group) is 1. The third-order valence-corrected chi connectivity index (χ3v) is 6.17. The lowest BCUT2D eigenvalue weighted by atomic mass is 9.93. The number of hydrogen-bond acceptors (Lipinski definition) is 4. The summed E-state index contributed by atoms with van der Waals surface area (Å²) in [5.74, 6) is 0.471. The molecule has 0 saturated carbocycles. The minimum absolute atomic E-state index is 0.00510. The van der Waals surface area contributed by atoms with Crippen LogP contribution in [0.5, 0.6) is 0 Å². The molecule has 1 N–H and O–H groups in total. The molecule has 0 aromatic heterocycles. The van der Waals surface area contributed by atoms with Crippen molar-refractivity contribution >= 4 is 11.8 Å². The molecule has 1 aliphatic heterocycles. The Morgan fingerprint density at radius 2 is 1.94 bits per heavy atom. The largest absolute Gasteiger partial charge is 0.339 e. The Balaban J connectivity index is 0.00000265. The Labute approximate surface area is 202 Å². The number of benzene rings is 1. The lowest BCUT2D eigenvalue weighted by Crippen LogP contribution is -2.64. The summed E-state index contributed by atoms with van der Waals surface area (Å²) in [5, 5.41) is 1.70. The molecule has 33 heavy (non-hydrogen) atoms. The van der Waals surface area contributed by atoms with Gasteiger partial charge in [0, 0.05) is 32.4 Å². The van der Waals surface area contributed by atoms with Crippen LogP contribution < -0.4 is 5.43 Å². The molecule has 1 aromatic rings. The second-order valence-electron chi connectivity index (χ2n) is 8.83. The molecular weight excluding hydrogens is 412 g/mol. The number of hydrogen-bond donors (Lipinski definition) is 1. The standard InChI is InChI=1S/C25H40N4O2.C2H6/c1-6-20(3)17-23-25(31)28(16-12-11-15-22-13-9-8-10-14-22)18-21(4)29(23)24(30)19-27(5)26-7-2;1-2/h7-10,13-14,20-21,23,26H,2,6,11-12,15-19H2,1,3-5H3;1-2H3/t20?,21?,23-;/m0./s1. The average Bonchev–Trinajstić information content (AvgIpc) is 2.81. The maximum Gasteiger partial charge on any atom is 0.245 e. The normalized spacial score (nSPS) is 19.1. The summed E-state index contributed by atoms with van der Waals surface area (Å²) in [6.45, 7) is 15.6. The number of piperazine rings is 1. The number of rotatable bonds is 12. The van der Waals surface area contributed by atoms with E-state index in [-0.39, 0.29) is 30.4 Å². The Kier molecular flexibility index (Phi) is 13.5. The monoisotopic (exact) mass is 458 g/mol. The fourth-order valence-electron chi connectivity index (χ4n) is 4.28. The van der Waals surface area contributed by atoms with E-state index in [2.05, 4.69) is 57.0 Å². The van der Waals surface area contributed by atoms with Crippen LogP contribution in [0.3, 0.4) is 0 Å². The van der Waals surface area contributed by atoms with Crippen LogP contribution in [0.25, 0.3) is 0 Å². The molecule has 2 amide bonds. The zero-order chi connectivity index (χ0) is 24.8. The van der Waals surface area contributed by atoms with E-state index in [1.54, 1.807) is 18.3 Å². The highest BCUT2D eigenvalue weighted by Crippen LogP contribution is 2.25. The van der Waals surface area contributed by atoms with Crippen molar-refractivity contribution in [2.24, 2.45) is 5.92 Å². The molecule has 3 atom stereocenters. The molecule has 186 valence electrons. The average molecular weight is 459 g/mol. The van der Waals surface area contributed by atoms with Crippen molar-refractivity contribution in [3.8, 4) is 0 Å². The molecule has 1 aromatic carbocycles. The van der Waals surface area contributed by atoms with Gasteiger partial charge in [-0.1, -0.05) is 71.0 Å². The van der Waals surface area contributed by atoms with Crippen molar-refractivity contribution < 1.29 is 9.59 Å². The summed E-state index contributed by atoms with van der Waals surface area (Å²) in [4.78, 5) is 30.3. The second-order valence-corrected chi connectivity index (χ2v) is 8.83. The van der Waals surface area contributed by atoms with Crippen LogP contribution in [0.1, 0.15) is 65.9 Å². The number of carbonyl (C=O) groups is 2. The van der Waals surface area contributed by atoms with Gasteiger partial charge >= 0.3 is 0 Å². The molecular formula is C27H46N4O2. The van der Waals surface area contributed by atoms with E-state index in [4.69, 9.17) is 0 Å². The second kappa shape index (κ2) is 15.5. The van der Waals surface area contributed by atoms with Crippen molar-refractivity contribution in [2.75, 3.05) is 26.7 Å². The van der Waals surface area contributed by atoms with Gasteiger partial charge in [0.15, 0.2) is 0 Å². The van der Waals surface area contributed by atoms with Crippen LogP contribution >= 0.6 is 0 Å². The van der Waals surface area contributed by atoms with Crippen molar-refractivity contribution in [3.63, 3.8) is 0 Å². The molecule has 2 rings (SSSR count). The number of amides is 2. The van der Waals surface area contributed by atoms with E-state index in [1.807, 2.05) is 29.7 Å². The quantitative estimate of drug-likeness (QED) is 0.371. The maximum atomic E-state index is 13.4. The van der Waals surface area contributed by atoms with Crippen molar-refractivity contribution in [1.29, 1.82) is 0 Å². The Morgan fingerprint density at radius 3 is 2.55 bits per heavy atom. The summed E-state index contributed by atoms with van der Waals surface area (Å²) < 4.78 is 0. The molecule has 0 bridgehead atoms. The lowest BCUT2D eigenvalue weighted by Gasteiger charge is -2.46. The summed E-state index contributed by atoms with van der Waals surface area (Å²) >= 11 is 0. The van der Waals surface area contributed by atoms with Crippen molar-refractivity contribution in [1.82, 2.24) is 20.2 Å². The number of nitrogens with zero attached hydrogens (tertiary/aromatic N) is 3. The Morgan fingerprint density at radius 1 is 1.27 bits per heavy atom. The highest BCUT2D eigenvalue weighted by molar-refractivity contribution is 5.90. The first-order chi connectivity index (χ1) is 15.9. The number of hydrazine groups is 1. The van der Waals surface area contributed by atoms with Gasteiger partial charge in [0.2, 0.25) is 11.8 Å². The van der Waals surface area contributed by atoms with Gasteiger partial charge < -0.3 is 15.2 Å². The minimum Gasteiger partial charge on any atom is -0.339 e. The predicted molar refractivity (Wildman–Crippen MR) is 137 cm³/mol. The van der Waals surface area contributed by atoms with Gasteiger partial charge in [-0.15, -0.1) is 0 Å². The first-order valence-corrected chi connectivity index (χ1v) is 12.6. The van der Waals surface area contributed by atoms with E-state index in [1.165, 1.54) is 5.56 Å². The molecule has 0 radical (unpaired) electrons. The van der Waals surface area contributed by atoms with E-state index in [0.29, 0.717) is 18.9 Å². The molecule has 1 saturated heterocycles. The van der Waals surface area contributed by atoms with Gasteiger partial charge in [-0.25, -0.2) is 5.01 Å². The molecule has 2 unspecified atom stereocenters. The van der Waals surface area contributed by atoms with Crippen LogP contribution in [-0.2, 0) is 16.0 Å². The highest BCUT2D eigenvalue weighted by atomic mass is 16.2. The third kappa shape index (κ3) is 9.20. The summed E-state index contributed by atoms with van der Waals surface area (Å²) in [5.41, 5.74) is 4.26. The van der Waals surface area contributed by atoms with E-state index >= 15 is 0 Å². The summed E-state index contributed by atoms with van der Waals surface area (Å²) in [6.07, 6.45) is 6.32. The van der Waals surface area contributed by atoms with E-state index in [9.17, 15) is 9.59 Å². The molecule has 1 heterocycles. The molecule has 6 heteroatoms. The first kappa shape index (κ1) is 28.7. The zero-order valence-electron chi connectivity index (χ0n) is 21.7. The first-order valence-electron chi connectivity index (χ1n) is 12.6. The number of nitrogens with one attached hydrogen (secondary N) is 1. The Hall–Kier alpha value is -2.34. The van der Waals surface area contributed by atoms with Crippen molar-refractivity contribution in [3.05, 3.63) is 48.7 Å². The number of aryl methyl sites for hydroxylation is 1. The van der Waals surface area contributed by atoms with Crippen LogP contribution in [0.4, 0.5) is 0 Å². The summed E-state index contributed by atoms with van der Waals surface area (Å²) in [6, 6.07) is 10.1. The van der Waals surface area contributed by atoms with Gasteiger partial charge in [-0.2, -0.15) is 0 Å². The van der Waals surface area contributed by atoms with Crippen LogP contribution in [0.15, 0.2) is 43.1 Å². The fraction of sp³-hybridized carbons (Fsp3) is 0.630. The number of unbranched alkanes of at least 4 members (excludes halogenated alkanes) is 1. The van der Waals surface area contributed by atoms with E-state index < -0.39 is 0 Å². The fourth-order valence-corrected chi connectivity index (χ4v) is 4.28. The number of carbonyl (C=O) groups excluding carboxylic acids is 2. The predicted octanol–water partition coefficient (Wildman–Crippen LogP) is 4.48. The van der Waals surface area contributed by atoms with Gasteiger partial charge in [0.05, 0.1) is 6.54 Å². The Bertz CT molecular complexity index is 709. The van der Waals surface area contributed by atoms with Crippen LogP contribution in [-0.4, -0.2) is 65.4 Å².